The molecule has 1 aromatic heterocycles. The van der Waals surface area contributed by atoms with Gasteiger partial charge in [0.25, 0.3) is 5.91 Å². The Kier molecular flexibility index (Phi) is 3.44. The molecule has 4 nitrogen and oxygen atoms in total. The van der Waals surface area contributed by atoms with Crippen molar-refractivity contribution in [3.8, 4) is 0 Å². The number of rotatable bonds is 3. The van der Waals surface area contributed by atoms with Gasteiger partial charge in [0.15, 0.2) is 0 Å². The predicted molar refractivity (Wildman–Crippen MR) is 72.9 cm³/mol. The molecular formula is C14H18ClN3O. The third-order valence-corrected chi connectivity index (χ3v) is 4.84. The highest BCUT2D eigenvalue weighted by Gasteiger charge is 2.42. The van der Waals surface area contributed by atoms with Crippen LogP contribution in [0.2, 0.25) is 5.15 Å². The fourth-order valence-corrected chi connectivity index (χ4v) is 3.82. The molecule has 0 radical (unpaired) electrons. The molecule has 1 amide bonds. The van der Waals surface area contributed by atoms with E-state index in [0.29, 0.717) is 16.8 Å². The van der Waals surface area contributed by atoms with Crippen LogP contribution in [0.5, 0.6) is 0 Å². The Morgan fingerprint density at radius 3 is 2.79 bits per heavy atom. The molecule has 5 heteroatoms. The summed E-state index contributed by atoms with van der Waals surface area (Å²) in [6.07, 6.45) is 8.15. The van der Waals surface area contributed by atoms with Gasteiger partial charge in [-0.2, -0.15) is 0 Å². The van der Waals surface area contributed by atoms with Crippen molar-refractivity contribution in [3.63, 3.8) is 0 Å². The maximum Gasteiger partial charge on any atom is 0.271 e. The summed E-state index contributed by atoms with van der Waals surface area (Å²) in [6, 6.07) is 0.209. The number of nitrogens with zero attached hydrogens (tertiary/aromatic N) is 2. The Morgan fingerprint density at radius 2 is 2.21 bits per heavy atom. The fraction of sp³-hybridized carbons (Fsp3) is 0.643. The predicted octanol–water partition coefficient (Wildman–Crippen LogP) is 2.68. The number of amides is 1. The highest BCUT2D eigenvalue weighted by Crippen LogP contribution is 2.49. The molecule has 2 saturated carbocycles. The maximum atomic E-state index is 12.1. The smallest absolute Gasteiger partial charge is 0.271 e. The molecule has 2 bridgehead atoms. The van der Waals surface area contributed by atoms with Gasteiger partial charge < -0.3 is 5.32 Å². The van der Waals surface area contributed by atoms with Crippen molar-refractivity contribution < 1.29 is 4.79 Å². The largest absolute Gasteiger partial charge is 0.348 e. The summed E-state index contributed by atoms with van der Waals surface area (Å²) in [5.74, 6) is 2.17. The molecule has 1 heterocycles. The summed E-state index contributed by atoms with van der Waals surface area (Å²) in [6.45, 7) is 2.10. The normalized spacial score (nSPS) is 30.3. The van der Waals surface area contributed by atoms with Crippen LogP contribution in [0.15, 0.2) is 12.4 Å². The third-order valence-electron chi connectivity index (χ3n) is 4.65. The number of carbonyl (C=O) groups is 1. The number of hydrogen-bond donors (Lipinski definition) is 1. The molecule has 4 unspecified atom stereocenters. The van der Waals surface area contributed by atoms with Crippen molar-refractivity contribution in [2.45, 2.75) is 38.6 Å². The first-order valence-corrected chi connectivity index (χ1v) is 7.29. The minimum atomic E-state index is -0.153. The van der Waals surface area contributed by atoms with E-state index in [-0.39, 0.29) is 11.9 Å². The summed E-state index contributed by atoms with van der Waals surface area (Å²) in [7, 11) is 0. The van der Waals surface area contributed by atoms with Gasteiger partial charge in [-0.3, -0.25) is 4.79 Å². The molecule has 102 valence electrons. The van der Waals surface area contributed by atoms with Crippen molar-refractivity contribution in [2.75, 3.05) is 0 Å². The van der Waals surface area contributed by atoms with Gasteiger partial charge in [0, 0.05) is 6.04 Å². The SMILES string of the molecule is CC(NC(=O)c1cnc(Cl)cn1)C1CC2CCC1C2. The number of halogens is 1. The van der Waals surface area contributed by atoms with E-state index >= 15 is 0 Å². The Morgan fingerprint density at radius 1 is 1.37 bits per heavy atom. The standard InChI is InChI=1S/C14H18ClN3O/c1-8(11-5-9-2-3-10(11)4-9)18-14(19)12-6-17-13(15)7-16-12/h6-11H,2-5H2,1H3,(H,18,19). The lowest BCUT2D eigenvalue weighted by molar-refractivity contribution is 0.0910. The molecule has 0 spiro atoms. The summed E-state index contributed by atoms with van der Waals surface area (Å²) in [5.41, 5.74) is 0.333. The van der Waals surface area contributed by atoms with Gasteiger partial charge in [-0.05, 0) is 43.9 Å². The first kappa shape index (κ1) is 12.9. The van der Waals surface area contributed by atoms with Gasteiger partial charge in [0.2, 0.25) is 0 Å². The summed E-state index contributed by atoms with van der Waals surface area (Å²) in [4.78, 5) is 20.0. The molecule has 0 aromatic carbocycles. The lowest BCUT2D eigenvalue weighted by Crippen LogP contribution is -2.40. The number of carbonyl (C=O) groups excluding carboxylic acids is 1. The van der Waals surface area contributed by atoms with Gasteiger partial charge in [-0.25, -0.2) is 9.97 Å². The lowest BCUT2D eigenvalue weighted by Gasteiger charge is -2.28. The van der Waals surface area contributed by atoms with Crippen molar-refractivity contribution in [3.05, 3.63) is 23.2 Å². The van der Waals surface area contributed by atoms with Crippen molar-refractivity contribution in [1.29, 1.82) is 0 Å². The fourth-order valence-electron chi connectivity index (χ4n) is 3.72. The molecule has 19 heavy (non-hydrogen) atoms. The highest BCUT2D eigenvalue weighted by atomic mass is 35.5. The van der Waals surface area contributed by atoms with Crippen LogP contribution in [0, 0.1) is 17.8 Å². The van der Waals surface area contributed by atoms with Gasteiger partial charge in [0.05, 0.1) is 12.4 Å². The molecule has 1 N–H and O–H groups in total. The Hall–Kier alpha value is -1.16. The highest BCUT2D eigenvalue weighted by molar-refractivity contribution is 6.29. The molecule has 3 rings (SSSR count). The van der Waals surface area contributed by atoms with E-state index in [1.807, 2.05) is 0 Å². The van der Waals surface area contributed by atoms with Crippen molar-refractivity contribution >= 4 is 17.5 Å². The van der Waals surface area contributed by atoms with Crippen LogP contribution < -0.4 is 5.32 Å². The van der Waals surface area contributed by atoms with Crippen LogP contribution in [0.4, 0.5) is 0 Å². The number of fused-ring (bicyclic) bond motifs is 2. The molecule has 2 aliphatic rings. The van der Waals surface area contributed by atoms with E-state index in [1.165, 1.54) is 38.1 Å². The van der Waals surface area contributed by atoms with Crippen LogP contribution in [-0.4, -0.2) is 21.9 Å². The molecule has 0 saturated heterocycles. The molecule has 1 aromatic rings. The van der Waals surface area contributed by atoms with Crippen LogP contribution in [-0.2, 0) is 0 Å². The first-order chi connectivity index (χ1) is 9.13. The minimum Gasteiger partial charge on any atom is -0.348 e. The Balaban J connectivity index is 1.61. The van der Waals surface area contributed by atoms with E-state index in [0.717, 1.165) is 11.8 Å². The van der Waals surface area contributed by atoms with E-state index in [4.69, 9.17) is 11.6 Å². The molecule has 0 aliphatic heterocycles. The van der Waals surface area contributed by atoms with Gasteiger partial charge in [0.1, 0.15) is 10.8 Å². The molecule has 2 aliphatic carbocycles. The van der Waals surface area contributed by atoms with Crippen LogP contribution in [0.3, 0.4) is 0 Å². The van der Waals surface area contributed by atoms with Crippen molar-refractivity contribution in [2.24, 2.45) is 17.8 Å². The van der Waals surface area contributed by atoms with Gasteiger partial charge >= 0.3 is 0 Å². The van der Waals surface area contributed by atoms with Crippen LogP contribution >= 0.6 is 11.6 Å². The average Bonchev–Trinajstić information content (AvgIpc) is 3.01. The van der Waals surface area contributed by atoms with Crippen LogP contribution in [0.1, 0.15) is 43.1 Å². The summed E-state index contributed by atoms with van der Waals surface area (Å²) < 4.78 is 0. The number of hydrogen-bond acceptors (Lipinski definition) is 3. The minimum absolute atomic E-state index is 0.153. The zero-order chi connectivity index (χ0) is 13.4. The number of aromatic nitrogens is 2. The zero-order valence-electron chi connectivity index (χ0n) is 11.0. The molecular weight excluding hydrogens is 262 g/mol. The van der Waals surface area contributed by atoms with Crippen LogP contribution in [0.25, 0.3) is 0 Å². The summed E-state index contributed by atoms with van der Waals surface area (Å²) in [5, 5.41) is 3.36. The molecule has 4 atom stereocenters. The van der Waals surface area contributed by atoms with Gasteiger partial charge in [-0.1, -0.05) is 18.0 Å². The zero-order valence-corrected chi connectivity index (χ0v) is 11.7. The Labute approximate surface area is 118 Å². The van der Waals surface area contributed by atoms with E-state index < -0.39 is 0 Å². The second-order valence-corrected chi connectivity index (χ2v) is 6.21. The monoisotopic (exact) mass is 279 g/mol. The Bertz CT molecular complexity index is 476. The van der Waals surface area contributed by atoms with E-state index in [1.54, 1.807) is 0 Å². The number of nitrogens with one attached hydrogen (secondary N) is 1. The van der Waals surface area contributed by atoms with Crippen molar-refractivity contribution in [1.82, 2.24) is 15.3 Å². The summed E-state index contributed by atoms with van der Waals surface area (Å²) >= 11 is 5.66. The van der Waals surface area contributed by atoms with E-state index in [2.05, 4.69) is 22.2 Å². The third kappa shape index (κ3) is 2.59. The average molecular weight is 280 g/mol. The lowest BCUT2D eigenvalue weighted by atomic mass is 9.84. The maximum absolute atomic E-state index is 12.1. The van der Waals surface area contributed by atoms with Gasteiger partial charge in [-0.15, -0.1) is 0 Å². The van der Waals surface area contributed by atoms with E-state index in [9.17, 15) is 4.79 Å². The molecule has 2 fully saturated rings. The quantitative estimate of drug-likeness (QED) is 0.925. The first-order valence-electron chi connectivity index (χ1n) is 6.92. The topological polar surface area (TPSA) is 54.9 Å². The second kappa shape index (κ2) is 5.08. The second-order valence-electron chi connectivity index (χ2n) is 5.83.